The van der Waals surface area contributed by atoms with Crippen molar-refractivity contribution in [3.63, 3.8) is 0 Å². The molecule has 176 valence electrons. The van der Waals surface area contributed by atoms with Gasteiger partial charge >= 0.3 is 10.2 Å². The van der Waals surface area contributed by atoms with Crippen LogP contribution in [0, 0.1) is 0 Å². The predicted octanol–water partition coefficient (Wildman–Crippen LogP) is 4.93. The van der Waals surface area contributed by atoms with Gasteiger partial charge in [0.05, 0.1) is 12.3 Å². The highest BCUT2D eigenvalue weighted by Gasteiger charge is 2.39. The van der Waals surface area contributed by atoms with Crippen LogP contribution >= 0.6 is 11.6 Å². The molecule has 4 rings (SSSR count). The molecule has 2 aliphatic rings. The third-order valence-corrected chi connectivity index (χ3v) is 7.58. The fourth-order valence-electron chi connectivity index (χ4n) is 4.02. The van der Waals surface area contributed by atoms with Gasteiger partial charge in [0.1, 0.15) is 5.84 Å². The number of hydrogen-bond donors (Lipinski definition) is 0. The van der Waals surface area contributed by atoms with Gasteiger partial charge in [0.25, 0.3) is 5.92 Å². The summed E-state index contributed by atoms with van der Waals surface area (Å²) in [7, 11) is -4.09. The fourth-order valence-corrected chi connectivity index (χ4v) is 5.40. The number of piperidine rings is 1. The van der Waals surface area contributed by atoms with E-state index < -0.39 is 29.0 Å². The molecule has 0 spiro atoms. The Morgan fingerprint density at radius 1 is 1.12 bits per heavy atom. The maximum Gasteiger partial charge on any atom is 0.324 e. The first-order chi connectivity index (χ1) is 15.7. The summed E-state index contributed by atoms with van der Waals surface area (Å²) in [5, 5.41) is 6.96. The average Bonchev–Trinajstić information content (AvgIpc) is 3.23. The molecule has 0 bridgehead atoms. The third kappa shape index (κ3) is 5.42. The number of hydrazone groups is 1. The van der Waals surface area contributed by atoms with Crippen molar-refractivity contribution < 1.29 is 17.2 Å². The van der Waals surface area contributed by atoms with E-state index in [1.807, 2.05) is 42.5 Å². The quantitative estimate of drug-likeness (QED) is 0.437. The number of benzene rings is 2. The number of hydrogen-bond acceptors (Lipinski definition) is 3. The van der Waals surface area contributed by atoms with E-state index in [1.54, 1.807) is 24.1 Å². The number of alkyl halides is 2. The molecule has 10 heteroatoms. The maximum atomic E-state index is 13.5. The van der Waals surface area contributed by atoms with Crippen molar-refractivity contribution in [2.75, 3.05) is 19.6 Å². The van der Waals surface area contributed by atoms with Crippen LogP contribution in [0.1, 0.15) is 43.2 Å². The molecule has 6 nitrogen and oxygen atoms in total. The maximum absolute atomic E-state index is 13.5. The lowest BCUT2D eigenvalue weighted by Gasteiger charge is -2.29. The Morgan fingerprint density at radius 2 is 1.76 bits per heavy atom. The summed E-state index contributed by atoms with van der Waals surface area (Å²) < 4.78 is 57.7. The van der Waals surface area contributed by atoms with Gasteiger partial charge in [0, 0.05) is 43.3 Å². The summed E-state index contributed by atoms with van der Waals surface area (Å²) in [4.78, 5) is 0. The van der Waals surface area contributed by atoms with Gasteiger partial charge in [-0.05, 0) is 23.3 Å². The van der Waals surface area contributed by atoms with E-state index in [-0.39, 0.29) is 24.8 Å². The van der Waals surface area contributed by atoms with E-state index >= 15 is 0 Å². The zero-order valence-electron chi connectivity index (χ0n) is 18.2. The lowest BCUT2D eigenvalue weighted by Crippen LogP contribution is -2.42. The topological polar surface area (TPSA) is 65.3 Å². The Kier molecular flexibility index (Phi) is 6.83. The van der Waals surface area contributed by atoms with Crippen molar-refractivity contribution >= 4 is 33.4 Å². The van der Waals surface area contributed by atoms with Crippen molar-refractivity contribution in [2.24, 2.45) is 9.50 Å². The molecule has 33 heavy (non-hydrogen) atoms. The molecule has 0 unspecified atom stereocenters. The molecule has 0 saturated carbocycles. The first kappa shape index (κ1) is 23.8. The van der Waals surface area contributed by atoms with Gasteiger partial charge in [-0.1, -0.05) is 61.0 Å². The molecular formula is C23H25ClF2N4O2S. The smallest absolute Gasteiger partial charge is 0.249 e. The van der Waals surface area contributed by atoms with Gasteiger partial charge in [-0.25, -0.2) is 13.8 Å². The first-order valence-corrected chi connectivity index (χ1v) is 12.6. The third-order valence-electron chi connectivity index (χ3n) is 5.87. The fraction of sp³-hybridized carbons (Fsp3) is 0.391. The van der Waals surface area contributed by atoms with E-state index in [4.69, 9.17) is 16.7 Å². The van der Waals surface area contributed by atoms with Crippen LogP contribution in [0.2, 0.25) is 5.02 Å². The Balaban J connectivity index is 1.65. The van der Waals surface area contributed by atoms with Gasteiger partial charge < -0.3 is 0 Å². The second-order valence-electron chi connectivity index (χ2n) is 8.13. The van der Waals surface area contributed by atoms with Crippen LogP contribution in [0.15, 0.2) is 64.1 Å². The number of rotatable bonds is 5. The Morgan fingerprint density at radius 3 is 2.36 bits per heavy atom. The summed E-state index contributed by atoms with van der Waals surface area (Å²) >= 11 is 6.05. The molecule has 1 fully saturated rings. The summed E-state index contributed by atoms with van der Waals surface area (Å²) in [6.45, 7) is 1.72. The number of amidine groups is 1. The summed E-state index contributed by atoms with van der Waals surface area (Å²) in [6.07, 6.45) is -0.675. The standard InChI is InChI=1S/C23H25ClF2N4O2S/c1-2-21(28-33(31,32)29-14-12-23(25,26)13-15-29)30-16-20(17-6-4-3-5-7-17)22(27-30)18-8-10-19(24)11-9-18/h3-11,20H,2,12-16H2,1H3/b28-21-/t20-/m1/s1. The molecule has 0 amide bonds. The normalized spacial score (nSPS) is 21.8. The number of nitrogens with zero attached hydrogens (tertiary/aromatic N) is 4. The zero-order chi connectivity index (χ0) is 23.6. The average molecular weight is 495 g/mol. The summed E-state index contributed by atoms with van der Waals surface area (Å²) in [6, 6.07) is 17.2. The Hall–Kier alpha value is -2.36. The molecule has 2 heterocycles. The highest BCUT2D eigenvalue weighted by Crippen LogP contribution is 2.31. The summed E-state index contributed by atoms with van der Waals surface area (Å²) in [5.41, 5.74) is 2.71. The van der Waals surface area contributed by atoms with E-state index in [2.05, 4.69) is 4.40 Å². The second-order valence-corrected chi connectivity index (χ2v) is 10.2. The molecule has 1 saturated heterocycles. The van der Waals surface area contributed by atoms with Crippen molar-refractivity contribution in [2.45, 2.75) is 38.0 Å². The highest BCUT2D eigenvalue weighted by molar-refractivity contribution is 7.87. The molecule has 0 radical (unpaired) electrons. The van der Waals surface area contributed by atoms with Crippen molar-refractivity contribution in [1.29, 1.82) is 0 Å². The van der Waals surface area contributed by atoms with Crippen LogP contribution < -0.4 is 0 Å². The minimum absolute atomic E-state index is 0.0968. The lowest BCUT2D eigenvalue weighted by atomic mass is 9.91. The van der Waals surface area contributed by atoms with Gasteiger partial charge in [0.15, 0.2) is 0 Å². The van der Waals surface area contributed by atoms with Gasteiger partial charge in [-0.2, -0.15) is 17.8 Å². The largest absolute Gasteiger partial charge is 0.324 e. The van der Waals surface area contributed by atoms with E-state index in [9.17, 15) is 17.2 Å². The Bertz CT molecular complexity index is 1140. The van der Waals surface area contributed by atoms with E-state index in [0.29, 0.717) is 18.0 Å². The van der Waals surface area contributed by atoms with Crippen molar-refractivity contribution in [1.82, 2.24) is 9.31 Å². The molecule has 0 aromatic heterocycles. The van der Waals surface area contributed by atoms with Crippen LogP contribution in [0.5, 0.6) is 0 Å². The predicted molar refractivity (Wildman–Crippen MR) is 126 cm³/mol. The molecule has 2 aromatic carbocycles. The van der Waals surface area contributed by atoms with Crippen LogP contribution in [0.25, 0.3) is 0 Å². The lowest BCUT2D eigenvalue weighted by molar-refractivity contribution is -0.0411. The van der Waals surface area contributed by atoms with Crippen molar-refractivity contribution in [3.8, 4) is 0 Å². The minimum Gasteiger partial charge on any atom is -0.249 e. The SMILES string of the molecule is CC/C(=N/S(=O)(=O)N1CCC(F)(F)CC1)N1C[C@H](c2ccccc2)C(c2ccc(Cl)cc2)=N1. The highest BCUT2D eigenvalue weighted by atomic mass is 35.5. The van der Waals surface area contributed by atoms with Gasteiger partial charge in [0.2, 0.25) is 0 Å². The number of halogens is 3. The van der Waals surface area contributed by atoms with Crippen molar-refractivity contribution in [3.05, 3.63) is 70.7 Å². The van der Waals surface area contributed by atoms with Gasteiger partial charge in [-0.3, -0.25) is 0 Å². The molecule has 0 aliphatic carbocycles. The molecule has 2 aliphatic heterocycles. The minimum atomic E-state index is -4.09. The summed E-state index contributed by atoms with van der Waals surface area (Å²) in [5.74, 6) is -2.66. The molecule has 1 atom stereocenters. The Labute approximate surface area is 197 Å². The van der Waals surface area contributed by atoms with Crippen LogP contribution in [0.3, 0.4) is 0 Å². The van der Waals surface area contributed by atoms with Crippen LogP contribution in [-0.4, -0.2) is 54.8 Å². The van der Waals surface area contributed by atoms with Crippen LogP contribution in [0.4, 0.5) is 8.78 Å². The van der Waals surface area contributed by atoms with Gasteiger partial charge in [-0.15, -0.1) is 4.40 Å². The molecule has 2 aromatic rings. The van der Waals surface area contributed by atoms with E-state index in [0.717, 1.165) is 21.1 Å². The monoisotopic (exact) mass is 494 g/mol. The zero-order valence-corrected chi connectivity index (χ0v) is 19.7. The second kappa shape index (κ2) is 9.48. The molecule has 0 N–H and O–H groups in total. The first-order valence-electron chi connectivity index (χ1n) is 10.8. The van der Waals surface area contributed by atoms with Crippen LogP contribution in [-0.2, 0) is 10.2 Å². The molecular weight excluding hydrogens is 470 g/mol. The van der Waals surface area contributed by atoms with E-state index in [1.165, 1.54) is 0 Å².